The number of nitrogens with zero attached hydrogens (tertiary/aromatic N) is 2. The largest absolute Gasteiger partial charge is 0.444 e. The highest BCUT2D eigenvalue weighted by Crippen LogP contribution is 2.31. The molecule has 2 aromatic heterocycles. The van der Waals surface area contributed by atoms with E-state index in [1.165, 1.54) is 5.57 Å². The fourth-order valence-electron chi connectivity index (χ4n) is 3.21. The number of fused-ring (bicyclic) bond motifs is 1. The number of amides is 1. The lowest BCUT2D eigenvalue weighted by Crippen LogP contribution is -2.39. The van der Waals surface area contributed by atoms with Gasteiger partial charge >= 0.3 is 6.09 Å². The molecule has 0 aromatic carbocycles. The average Bonchev–Trinajstić information content (AvgIpc) is 2.93. The van der Waals surface area contributed by atoms with Crippen LogP contribution in [0.25, 0.3) is 11.1 Å². The van der Waals surface area contributed by atoms with Gasteiger partial charge in [-0.05, 0) is 63.5 Å². The normalized spacial score (nSPS) is 16.7. The third kappa shape index (κ3) is 3.71. The topological polar surface area (TPSA) is 60.0 Å². The van der Waals surface area contributed by atoms with Crippen LogP contribution < -0.4 is 5.73 Å². The molecule has 1 atom stereocenters. The van der Waals surface area contributed by atoms with Gasteiger partial charge in [0.2, 0.25) is 0 Å². The molecule has 1 unspecified atom stereocenters. The molecule has 2 N–H and O–H groups in total. The number of carbonyl (C=O) groups excluding carboxylic acids is 1. The number of ether oxygens (including phenoxy) is 1. The molecule has 0 spiro atoms. The lowest BCUT2D eigenvalue weighted by atomic mass is 9.99. The second-order valence-electron chi connectivity index (χ2n) is 7.64. The second-order valence-corrected chi connectivity index (χ2v) is 7.64. The van der Waals surface area contributed by atoms with E-state index in [2.05, 4.69) is 28.8 Å². The summed E-state index contributed by atoms with van der Waals surface area (Å²) in [6.07, 6.45) is 4.72. The molecule has 3 rings (SSSR count). The second kappa shape index (κ2) is 6.56. The molecule has 0 saturated carbocycles. The zero-order valence-corrected chi connectivity index (χ0v) is 15.5. The Morgan fingerprint density at radius 1 is 1.32 bits per heavy atom. The Morgan fingerprint density at radius 3 is 2.68 bits per heavy atom. The number of rotatable bonds is 2. The summed E-state index contributed by atoms with van der Waals surface area (Å²) in [5.74, 6) is 0. The number of hydrogen-bond donors (Lipinski definition) is 1. The lowest BCUT2D eigenvalue weighted by Gasteiger charge is -2.30. The number of hydrogen-bond acceptors (Lipinski definition) is 3. The summed E-state index contributed by atoms with van der Waals surface area (Å²) in [5.41, 5.74) is 10.4. The molecule has 1 aliphatic rings. The molecule has 5 nitrogen and oxygen atoms in total. The van der Waals surface area contributed by atoms with Crippen LogP contribution in [0.1, 0.15) is 51.4 Å². The van der Waals surface area contributed by atoms with Crippen LogP contribution in [0.2, 0.25) is 0 Å². The lowest BCUT2D eigenvalue weighted by molar-refractivity contribution is 0.0270. The van der Waals surface area contributed by atoms with E-state index in [1.54, 1.807) is 4.90 Å². The smallest absolute Gasteiger partial charge is 0.410 e. The van der Waals surface area contributed by atoms with E-state index in [-0.39, 0.29) is 12.1 Å². The third-order valence-electron chi connectivity index (χ3n) is 4.36. The SMILES string of the molecule is CC(N)c1cc2ccccn2c1C1=CCN(C(=O)OC(C)(C)C)CC1. The molecule has 1 aliphatic heterocycles. The Kier molecular flexibility index (Phi) is 4.60. The minimum Gasteiger partial charge on any atom is -0.444 e. The van der Waals surface area contributed by atoms with E-state index in [0.717, 1.165) is 23.2 Å². The van der Waals surface area contributed by atoms with Crippen LogP contribution in [-0.4, -0.2) is 34.1 Å². The number of aromatic nitrogens is 1. The van der Waals surface area contributed by atoms with Crippen molar-refractivity contribution < 1.29 is 9.53 Å². The van der Waals surface area contributed by atoms with Crippen molar-refractivity contribution in [2.24, 2.45) is 5.73 Å². The van der Waals surface area contributed by atoms with Crippen LogP contribution in [0.5, 0.6) is 0 Å². The van der Waals surface area contributed by atoms with E-state index in [9.17, 15) is 4.79 Å². The molecular weight excluding hydrogens is 314 g/mol. The van der Waals surface area contributed by atoms with Gasteiger partial charge in [0, 0.05) is 30.8 Å². The standard InChI is InChI=1S/C20H27N3O2/c1-14(21)17-13-16-7-5-6-10-23(16)18(17)15-8-11-22(12-9-15)19(24)25-20(2,3)4/h5-8,10,13-14H,9,11-12,21H2,1-4H3. The summed E-state index contributed by atoms with van der Waals surface area (Å²) in [6, 6.07) is 8.26. The Bertz CT molecular complexity index is 812. The van der Waals surface area contributed by atoms with Gasteiger partial charge in [-0.25, -0.2) is 4.79 Å². The molecule has 0 saturated heterocycles. The van der Waals surface area contributed by atoms with Gasteiger partial charge in [0.1, 0.15) is 5.60 Å². The molecule has 1 amide bonds. The van der Waals surface area contributed by atoms with Crippen molar-refractivity contribution in [2.75, 3.05) is 13.1 Å². The maximum atomic E-state index is 12.2. The molecular formula is C20H27N3O2. The van der Waals surface area contributed by atoms with Gasteiger partial charge in [-0.15, -0.1) is 0 Å². The molecule has 0 bridgehead atoms. The molecule has 3 heterocycles. The van der Waals surface area contributed by atoms with Gasteiger partial charge in [0.05, 0.1) is 5.69 Å². The van der Waals surface area contributed by atoms with E-state index in [0.29, 0.717) is 13.1 Å². The minimum absolute atomic E-state index is 0.0420. The van der Waals surface area contributed by atoms with Crippen LogP contribution in [0.3, 0.4) is 0 Å². The third-order valence-corrected chi connectivity index (χ3v) is 4.36. The van der Waals surface area contributed by atoms with Gasteiger partial charge in [0.15, 0.2) is 0 Å². The molecule has 5 heteroatoms. The molecule has 25 heavy (non-hydrogen) atoms. The average molecular weight is 341 g/mol. The minimum atomic E-state index is -0.471. The van der Waals surface area contributed by atoms with Crippen molar-refractivity contribution in [2.45, 2.75) is 45.8 Å². The van der Waals surface area contributed by atoms with Crippen LogP contribution >= 0.6 is 0 Å². The van der Waals surface area contributed by atoms with Crippen molar-refractivity contribution in [1.29, 1.82) is 0 Å². The summed E-state index contributed by atoms with van der Waals surface area (Å²) in [4.78, 5) is 14.0. The fourth-order valence-corrected chi connectivity index (χ4v) is 3.21. The summed E-state index contributed by atoms with van der Waals surface area (Å²) in [7, 11) is 0. The monoisotopic (exact) mass is 341 g/mol. The van der Waals surface area contributed by atoms with Crippen molar-refractivity contribution in [3.63, 3.8) is 0 Å². The molecule has 134 valence electrons. The van der Waals surface area contributed by atoms with Gasteiger partial charge in [-0.1, -0.05) is 12.1 Å². The highest BCUT2D eigenvalue weighted by atomic mass is 16.6. The van der Waals surface area contributed by atoms with Crippen molar-refractivity contribution >= 4 is 17.2 Å². The Hall–Kier alpha value is -2.27. The van der Waals surface area contributed by atoms with Crippen LogP contribution in [0.4, 0.5) is 4.79 Å². The molecule has 2 aromatic rings. The first-order valence-corrected chi connectivity index (χ1v) is 8.79. The predicted octanol–water partition coefficient (Wildman–Crippen LogP) is 3.98. The highest BCUT2D eigenvalue weighted by Gasteiger charge is 2.25. The first-order valence-electron chi connectivity index (χ1n) is 8.79. The maximum Gasteiger partial charge on any atom is 0.410 e. The van der Waals surface area contributed by atoms with E-state index in [1.807, 2.05) is 39.8 Å². The zero-order valence-electron chi connectivity index (χ0n) is 15.5. The van der Waals surface area contributed by atoms with Gasteiger partial charge in [0.25, 0.3) is 0 Å². The Balaban J connectivity index is 1.88. The summed E-state index contributed by atoms with van der Waals surface area (Å²) in [6.45, 7) is 8.88. The van der Waals surface area contributed by atoms with Crippen molar-refractivity contribution in [3.8, 4) is 0 Å². The zero-order chi connectivity index (χ0) is 18.2. The quantitative estimate of drug-likeness (QED) is 0.899. The van der Waals surface area contributed by atoms with Gasteiger partial charge in [-0.2, -0.15) is 0 Å². The number of nitrogens with two attached hydrogens (primary N) is 1. The summed E-state index contributed by atoms with van der Waals surface area (Å²) >= 11 is 0. The first kappa shape index (κ1) is 17.5. The molecule has 0 aliphatic carbocycles. The molecule has 0 radical (unpaired) electrons. The van der Waals surface area contributed by atoms with E-state index < -0.39 is 5.60 Å². The first-order chi connectivity index (χ1) is 11.8. The summed E-state index contributed by atoms with van der Waals surface area (Å²) in [5, 5.41) is 0. The van der Waals surface area contributed by atoms with Crippen molar-refractivity contribution in [1.82, 2.24) is 9.30 Å². The Labute approximate surface area is 149 Å². The fraction of sp³-hybridized carbons (Fsp3) is 0.450. The van der Waals surface area contributed by atoms with Gasteiger partial charge in [-0.3, -0.25) is 0 Å². The van der Waals surface area contributed by atoms with Crippen LogP contribution in [-0.2, 0) is 4.74 Å². The maximum absolute atomic E-state index is 12.2. The Morgan fingerprint density at radius 2 is 2.08 bits per heavy atom. The van der Waals surface area contributed by atoms with Crippen LogP contribution in [0.15, 0.2) is 36.5 Å². The van der Waals surface area contributed by atoms with E-state index >= 15 is 0 Å². The number of carbonyl (C=O) groups is 1. The predicted molar refractivity (Wildman–Crippen MR) is 100 cm³/mol. The number of pyridine rings is 1. The van der Waals surface area contributed by atoms with Crippen molar-refractivity contribution in [3.05, 3.63) is 47.8 Å². The van der Waals surface area contributed by atoms with Gasteiger partial charge < -0.3 is 19.8 Å². The summed E-state index contributed by atoms with van der Waals surface area (Å²) < 4.78 is 7.66. The van der Waals surface area contributed by atoms with E-state index in [4.69, 9.17) is 10.5 Å². The van der Waals surface area contributed by atoms with Crippen LogP contribution in [0, 0.1) is 0 Å². The highest BCUT2D eigenvalue weighted by molar-refractivity contribution is 5.75. The molecule has 0 fully saturated rings.